The first-order valence-electron chi connectivity index (χ1n) is 8.28. The molecule has 0 aliphatic heterocycles. The average Bonchev–Trinajstić information content (AvgIpc) is 3.00. The van der Waals surface area contributed by atoms with Gasteiger partial charge in [0, 0.05) is 16.9 Å². The van der Waals surface area contributed by atoms with Gasteiger partial charge < -0.3 is 10.3 Å². The number of halogens is 1. The molecule has 7 heteroatoms. The van der Waals surface area contributed by atoms with Crippen molar-refractivity contribution >= 4 is 34.2 Å². The van der Waals surface area contributed by atoms with E-state index in [-0.39, 0.29) is 11.0 Å². The Bertz CT molecular complexity index is 1210. The molecule has 6 nitrogen and oxygen atoms in total. The van der Waals surface area contributed by atoms with Crippen molar-refractivity contribution in [3.05, 3.63) is 87.3 Å². The fourth-order valence-corrected chi connectivity index (χ4v) is 3.15. The SMILES string of the molecule is Cc1nn(-c2ccccc2)c2[nH]cc(C(=O)Nc3cccc(Cl)c3)c(=O)c12. The Labute approximate surface area is 159 Å². The zero-order valence-corrected chi connectivity index (χ0v) is 15.1. The first-order valence-corrected chi connectivity index (χ1v) is 8.66. The van der Waals surface area contributed by atoms with Crippen molar-refractivity contribution in [1.29, 1.82) is 0 Å². The molecule has 0 atom stereocenters. The van der Waals surface area contributed by atoms with Crippen LogP contribution < -0.4 is 10.7 Å². The summed E-state index contributed by atoms with van der Waals surface area (Å²) in [6.07, 6.45) is 1.41. The quantitative estimate of drug-likeness (QED) is 0.567. The Morgan fingerprint density at radius 3 is 2.67 bits per heavy atom. The Hall–Kier alpha value is -3.38. The van der Waals surface area contributed by atoms with Crippen molar-refractivity contribution in [2.45, 2.75) is 6.92 Å². The molecule has 0 saturated heterocycles. The maximum atomic E-state index is 12.9. The van der Waals surface area contributed by atoms with E-state index in [1.54, 1.807) is 35.9 Å². The van der Waals surface area contributed by atoms with Crippen molar-refractivity contribution < 1.29 is 4.79 Å². The molecule has 0 aliphatic rings. The van der Waals surface area contributed by atoms with Gasteiger partial charge in [-0.3, -0.25) is 9.59 Å². The Morgan fingerprint density at radius 1 is 1.15 bits per heavy atom. The molecular formula is C20H15ClN4O2. The topological polar surface area (TPSA) is 79.8 Å². The number of H-pyrrole nitrogens is 1. The number of hydrogen-bond acceptors (Lipinski definition) is 3. The van der Waals surface area contributed by atoms with E-state index in [2.05, 4.69) is 15.4 Å². The zero-order chi connectivity index (χ0) is 19.0. The lowest BCUT2D eigenvalue weighted by Gasteiger charge is -2.06. The summed E-state index contributed by atoms with van der Waals surface area (Å²) in [5.74, 6) is -0.507. The van der Waals surface area contributed by atoms with Gasteiger partial charge >= 0.3 is 0 Å². The van der Waals surface area contributed by atoms with Gasteiger partial charge in [0.25, 0.3) is 5.91 Å². The number of amides is 1. The summed E-state index contributed by atoms with van der Waals surface area (Å²) in [4.78, 5) is 28.5. The van der Waals surface area contributed by atoms with Crippen LogP contribution in [0, 0.1) is 6.92 Å². The molecule has 0 radical (unpaired) electrons. The van der Waals surface area contributed by atoms with Gasteiger partial charge in [-0.25, -0.2) is 4.68 Å². The highest BCUT2D eigenvalue weighted by Crippen LogP contribution is 2.19. The van der Waals surface area contributed by atoms with Crippen molar-refractivity contribution in [2.75, 3.05) is 5.32 Å². The van der Waals surface area contributed by atoms with E-state index in [1.807, 2.05) is 30.3 Å². The number of nitrogens with one attached hydrogen (secondary N) is 2. The molecule has 0 unspecified atom stereocenters. The van der Waals surface area contributed by atoms with Crippen LogP contribution in [0.25, 0.3) is 16.7 Å². The number of benzene rings is 2. The second-order valence-electron chi connectivity index (χ2n) is 6.05. The van der Waals surface area contributed by atoms with Crippen LogP contribution in [-0.4, -0.2) is 20.7 Å². The number of hydrogen-bond donors (Lipinski definition) is 2. The summed E-state index contributed by atoms with van der Waals surface area (Å²) in [6, 6.07) is 16.2. The molecule has 1 amide bonds. The lowest BCUT2D eigenvalue weighted by Crippen LogP contribution is -2.22. The predicted molar refractivity (Wildman–Crippen MR) is 106 cm³/mol. The number of anilines is 1. The van der Waals surface area contributed by atoms with Crippen LogP contribution in [0.2, 0.25) is 5.02 Å². The van der Waals surface area contributed by atoms with Crippen molar-refractivity contribution in [3.63, 3.8) is 0 Å². The number of fused-ring (bicyclic) bond motifs is 1. The second-order valence-corrected chi connectivity index (χ2v) is 6.49. The van der Waals surface area contributed by atoms with Crippen molar-refractivity contribution in [1.82, 2.24) is 14.8 Å². The fourth-order valence-electron chi connectivity index (χ4n) is 2.96. The van der Waals surface area contributed by atoms with E-state index in [1.165, 1.54) is 6.20 Å². The van der Waals surface area contributed by atoms with Gasteiger partial charge in [0.1, 0.15) is 11.2 Å². The molecule has 4 aromatic rings. The molecule has 4 rings (SSSR count). The summed E-state index contributed by atoms with van der Waals surface area (Å²) in [6.45, 7) is 1.75. The average molecular weight is 379 g/mol. The molecule has 27 heavy (non-hydrogen) atoms. The largest absolute Gasteiger partial charge is 0.345 e. The minimum Gasteiger partial charge on any atom is -0.345 e. The van der Waals surface area contributed by atoms with Crippen LogP contribution in [0.3, 0.4) is 0 Å². The highest BCUT2D eigenvalue weighted by atomic mass is 35.5. The number of aryl methyl sites for hydroxylation is 1. The molecule has 0 spiro atoms. The first-order chi connectivity index (χ1) is 13.0. The van der Waals surface area contributed by atoms with E-state index < -0.39 is 5.91 Å². The summed E-state index contributed by atoms with van der Waals surface area (Å²) in [5, 5.41) is 8.03. The zero-order valence-electron chi connectivity index (χ0n) is 14.4. The van der Waals surface area contributed by atoms with Gasteiger partial charge in [-0.2, -0.15) is 5.10 Å². The summed E-state index contributed by atoms with van der Waals surface area (Å²) in [7, 11) is 0. The highest BCUT2D eigenvalue weighted by molar-refractivity contribution is 6.31. The van der Waals surface area contributed by atoms with Gasteiger partial charge in [-0.05, 0) is 37.3 Å². The van der Waals surface area contributed by atoms with E-state index in [0.717, 1.165) is 5.69 Å². The lowest BCUT2D eigenvalue weighted by molar-refractivity contribution is 0.102. The number of nitrogens with zero attached hydrogens (tertiary/aromatic N) is 2. The smallest absolute Gasteiger partial charge is 0.261 e. The number of rotatable bonds is 3. The van der Waals surface area contributed by atoms with Gasteiger partial charge in [0.2, 0.25) is 5.43 Å². The van der Waals surface area contributed by atoms with Crippen LogP contribution in [0.15, 0.2) is 65.6 Å². The summed E-state index contributed by atoms with van der Waals surface area (Å²) < 4.78 is 1.66. The molecule has 2 N–H and O–H groups in total. The number of aromatic amines is 1. The lowest BCUT2D eigenvalue weighted by atomic mass is 10.1. The molecule has 2 aromatic carbocycles. The minimum atomic E-state index is -0.507. The normalized spacial score (nSPS) is 10.9. The third kappa shape index (κ3) is 3.11. The number of carbonyl (C=O) groups excluding carboxylic acids is 1. The maximum absolute atomic E-state index is 12.9. The third-order valence-corrected chi connectivity index (χ3v) is 4.45. The van der Waals surface area contributed by atoms with Gasteiger partial charge in [0.15, 0.2) is 0 Å². The monoisotopic (exact) mass is 378 g/mol. The predicted octanol–water partition coefficient (Wildman–Crippen LogP) is 3.93. The molecule has 0 fully saturated rings. The van der Waals surface area contributed by atoms with Crippen LogP contribution >= 0.6 is 11.6 Å². The fraction of sp³-hybridized carbons (Fsp3) is 0.0500. The highest BCUT2D eigenvalue weighted by Gasteiger charge is 2.19. The number of para-hydroxylation sites is 1. The maximum Gasteiger partial charge on any atom is 0.261 e. The van der Waals surface area contributed by atoms with Crippen molar-refractivity contribution in [2.24, 2.45) is 0 Å². The second kappa shape index (κ2) is 6.74. The molecule has 2 heterocycles. The first kappa shape index (κ1) is 17.1. The Kier molecular flexibility index (Phi) is 4.25. The standard InChI is InChI=1S/C20H15ClN4O2/c1-12-17-18(26)16(20(27)23-14-7-5-6-13(21)10-14)11-22-19(17)25(24-12)15-8-3-2-4-9-15/h2-11H,1H3,(H,22,26)(H,23,27). The Balaban J connectivity index is 1.78. The number of aromatic nitrogens is 3. The van der Waals surface area contributed by atoms with Crippen LogP contribution in [0.1, 0.15) is 16.1 Å². The minimum absolute atomic E-state index is 0.0122. The van der Waals surface area contributed by atoms with Crippen molar-refractivity contribution in [3.8, 4) is 5.69 Å². The van der Waals surface area contributed by atoms with Gasteiger partial charge in [-0.1, -0.05) is 35.9 Å². The third-order valence-electron chi connectivity index (χ3n) is 4.21. The Morgan fingerprint density at radius 2 is 1.93 bits per heavy atom. The van der Waals surface area contributed by atoms with Crippen LogP contribution in [0.4, 0.5) is 5.69 Å². The molecule has 0 saturated carbocycles. The molecule has 2 aromatic heterocycles. The van der Waals surface area contributed by atoms with Gasteiger partial charge in [-0.15, -0.1) is 0 Å². The van der Waals surface area contributed by atoms with E-state index in [4.69, 9.17) is 11.6 Å². The van der Waals surface area contributed by atoms with E-state index >= 15 is 0 Å². The summed E-state index contributed by atoms with van der Waals surface area (Å²) >= 11 is 5.94. The summed E-state index contributed by atoms with van der Waals surface area (Å²) in [5.41, 5.74) is 2.07. The van der Waals surface area contributed by atoms with E-state index in [0.29, 0.717) is 27.4 Å². The van der Waals surface area contributed by atoms with Gasteiger partial charge in [0.05, 0.1) is 16.8 Å². The van der Waals surface area contributed by atoms with Crippen LogP contribution in [-0.2, 0) is 0 Å². The number of carbonyl (C=O) groups is 1. The molecular weight excluding hydrogens is 364 g/mol. The van der Waals surface area contributed by atoms with Crippen LogP contribution in [0.5, 0.6) is 0 Å². The number of pyridine rings is 1. The van der Waals surface area contributed by atoms with E-state index in [9.17, 15) is 9.59 Å². The molecule has 0 bridgehead atoms. The molecule has 0 aliphatic carbocycles. The molecule has 134 valence electrons.